The Hall–Kier alpha value is -1.96. The van der Waals surface area contributed by atoms with Gasteiger partial charge in [0.25, 0.3) is 5.91 Å². The molecule has 0 saturated heterocycles. The molecule has 8 heteroatoms. The maximum Gasteiger partial charge on any atom is 0.281 e. The van der Waals surface area contributed by atoms with E-state index >= 15 is 0 Å². The summed E-state index contributed by atoms with van der Waals surface area (Å²) < 4.78 is 18.1. The molecule has 0 spiro atoms. The summed E-state index contributed by atoms with van der Waals surface area (Å²) in [4.78, 5) is 11.7. The van der Waals surface area contributed by atoms with E-state index in [0.717, 1.165) is 0 Å². The van der Waals surface area contributed by atoms with Crippen molar-refractivity contribution < 1.29 is 13.8 Å². The van der Waals surface area contributed by atoms with Crippen LogP contribution < -0.4 is 11.1 Å². The smallest absolute Gasteiger partial charge is 0.281 e. The second kappa shape index (κ2) is 4.50. The lowest BCUT2D eigenvalue weighted by Gasteiger charge is -2.06. The molecule has 1 aromatic heterocycles. The predicted molar refractivity (Wildman–Crippen MR) is 60.8 cm³/mol. The van der Waals surface area contributed by atoms with Crippen LogP contribution in [0.2, 0.25) is 0 Å². The van der Waals surface area contributed by atoms with E-state index in [9.17, 15) is 9.18 Å². The van der Waals surface area contributed by atoms with Gasteiger partial charge < -0.3 is 11.1 Å². The van der Waals surface area contributed by atoms with Crippen LogP contribution in [0.25, 0.3) is 0 Å². The van der Waals surface area contributed by atoms with Gasteiger partial charge in [-0.05, 0) is 38.4 Å². The van der Waals surface area contributed by atoms with Crippen LogP contribution in [0.4, 0.5) is 15.9 Å². The molecule has 6 nitrogen and oxygen atoms in total. The van der Waals surface area contributed by atoms with Crippen molar-refractivity contribution in [3.63, 3.8) is 0 Å². The van der Waals surface area contributed by atoms with Crippen molar-refractivity contribution in [2.45, 2.75) is 0 Å². The third kappa shape index (κ3) is 2.26. The SMILES string of the molecule is Nc1nonc1C(=O)Nc1c(F)cccc1Br. The summed E-state index contributed by atoms with van der Waals surface area (Å²) >= 11 is 3.11. The zero-order valence-electron chi connectivity index (χ0n) is 8.28. The zero-order chi connectivity index (χ0) is 12.4. The van der Waals surface area contributed by atoms with Crippen molar-refractivity contribution in [3.05, 3.63) is 34.2 Å². The van der Waals surface area contributed by atoms with Crippen molar-refractivity contribution in [2.75, 3.05) is 11.1 Å². The van der Waals surface area contributed by atoms with E-state index in [4.69, 9.17) is 5.73 Å². The molecule has 0 radical (unpaired) electrons. The molecule has 0 fully saturated rings. The minimum atomic E-state index is -0.699. The molecule has 3 N–H and O–H groups in total. The van der Waals surface area contributed by atoms with Gasteiger partial charge >= 0.3 is 0 Å². The first-order valence-corrected chi connectivity index (χ1v) is 5.22. The van der Waals surface area contributed by atoms with Crippen molar-refractivity contribution in [3.8, 4) is 0 Å². The molecular formula is C9H6BrFN4O2. The molecule has 1 aromatic carbocycles. The largest absolute Gasteiger partial charge is 0.379 e. The summed E-state index contributed by atoms with van der Waals surface area (Å²) in [5, 5.41) is 8.88. The molecule has 0 unspecified atom stereocenters. The number of amides is 1. The van der Waals surface area contributed by atoms with E-state index in [0.29, 0.717) is 4.47 Å². The molecule has 0 atom stereocenters. The molecule has 0 aliphatic rings. The number of nitrogen functional groups attached to an aromatic ring is 1. The number of aromatic nitrogens is 2. The highest BCUT2D eigenvalue weighted by molar-refractivity contribution is 9.10. The van der Waals surface area contributed by atoms with Crippen molar-refractivity contribution in [2.24, 2.45) is 0 Å². The summed E-state index contributed by atoms with van der Waals surface area (Å²) in [5.74, 6) is -1.44. The minimum Gasteiger partial charge on any atom is -0.379 e. The average Bonchev–Trinajstić information content (AvgIpc) is 2.70. The van der Waals surface area contributed by atoms with E-state index in [1.165, 1.54) is 12.1 Å². The number of nitrogens with two attached hydrogens (primary N) is 1. The Morgan fingerprint density at radius 2 is 2.24 bits per heavy atom. The third-order valence-electron chi connectivity index (χ3n) is 1.93. The van der Waals surface area contributed by atoms with Crippen LogP contribution in [0, 0.1) is 5.82 Å². The molecule has 0 aliphatic heterocycles. The number of carbonyl (C=O) groups is 1. The van der Waals surface area contributed by atoms with Crippen molar-refractivity contribution in [1.29, 1.82) is 0 Å². The van der Waals surface area contributed by atoms with E-state index in [1.54, 1.807) is 6.07 Å². The Morgan fingerprint density at radius 3 is 2.82 bits per heavy atom. The lowest BCUT2D eigenvalue weighted by molar-refractivity contribution is 0.101. The first-order valence-electron chi connectivity index (χ1n) is 4.43. The Kier molecular flexibility index (Phi) is 3.05. The fourth-order valence-electron chi connectivity index (χ4n) is 1.14. The van der Waals surface area contributed by atoms with E-state index in [1.807, 2.05) is 0 Å². The van der Waals surface area contributed by atoms with Crippen molar-refractivity contribution in [1.82, 2.24) is 10.3 Å². The molecule has 0 aliphatic carbocycles. The lowest BCUT2D eigenvalue weighted by Crippen LogP contribution is -2.15. The van der Waals surface area contributed by atoms with Gasteiger partial charge in [-0.15, -0.1) is 0 Å². The molecule has 0 saturated carbocycles. The van der Waals surface area contributed by atoms with Gasteiger partial charge in [0.1, 0.15) is 5.82 Å². The molecule has 1 heterocycles. The number of nitrogens with one attached hydrogen (secondary N) is 1. The Labute approximate surface area is 103 Å². The average molecular weight is 301 g/mol. The van der Waals surface area contributed by atoms with Crippen LogP contribution in [0.1, 0.15) is 10.5 Å². The summed E-state index contributed by atoms with van der Waals surface area (Å²) in [6, 6.07) is 4.30. The standard InChI is InChI=1S/C9H6BrFN4O2/c10-4-2-1-3-5(11)6(4)13-9(16)7-8(12)15-17-14-7/h1-3H,(H2,12,15)(H,13,16). The van der Waals surface area contributed by atoms with Gasteiger partial charge in [-0.1, -0.05) is 6.07 Å². The Balaban J connectivity index is 2.28. The van der Waals surface area contributed by atoms with Gasteiger partial charge in [0.15, 0.2) is 0 Å². The molecule has 17 heavy (non-hydrogen) atoms. The van der Waals surface area contributed by atoms with E-state index in [-0.39, 0.29) is 17.2 Å². The minimum absolute atomic E-state index is 0.0000926. The molecule has 88 valence electrons. The fourth-order valence-corrected chi connectivity index (χ4v) is 1.58. The maximum atomic E-state index is 13.4. The van der Waals surface area contributed by atoms with Crippen LogP contribution in [-0.2, 0) is 0 Å². The van der Waals surface area contributed by atoms with Gasteiger partial charge in [0.2, 0.25) is 11.5 Å². The van der Waals surface area contributed by atoms with Gasteiger partial charge in [0, 0.05) is 4.47 Å². The molecule has 2 rings (SSSR count). The molecular weight excluding hydrogens is 295 g/mol. The van der Waals surface area contributed by atoms with Crippen LogP contribution in [0.15, 0.2) is 27.3 Å². The van der Waals surface area contributed by atoms with E-state index in [2.05, 4.69) is 36.2 Å². The number of halogens is 2. The number of hydrogen-bond donors (Lipinski definition) is 2. The first kappa shape index (κ1) is 11.5. The topological polar surface area (TPSA) is 94.0 Å². The highest BCUT2D eigenvalue weighted by Gasteiger charge is 2.18. The summed E-state index contributed by atoms with van der Waals surface area (Å²) in [7, 11) is 0. The number of anilines is 2. The number of hydrogen-bond acceptors (Lipinski definition) is 5. The fraction of sp³-hybridized carbons (Fsp3) is 0. The molecule has 1 amide bonds. The summed E-state index contributed by atoms with van der Waals surface area (Å²) in [6.07, 6.45) is 0. The first-order chi connectivity index (χ1) is 8.09. The van der Waals surface area contributed by atoms with Crippen LogP contribution >= 0.6 is 15.9 Å². The van der Waals surface area contributed by atoms with Crippen LogP contribution in [-0.4, -0.2) is 16.2 Å². The predicted octanol–water partition coefficient (Wildman–Crippen LogP) is 1.81. The Bertz CT molecular complexity index is 552. The maximum absolute atomic E-state index is 13.4. The molecule has 2 aromatic rings. The van der Waals surface area contributed by atoms with Gasteiger partial charge in [-0.25, -0.2) is 9.02 Å². The highest BCUT2D eigenvalue weighted by Crippen LogP contribution is 2.25. The number of para-hydroxylation sites is 1. The number of benzene rings is 1. The van der Waals surface area contributed by atoms with Gasteiger partial charge in [0.05, 0.1) is 5.69 Å². The van der Waals surface area contributed by atoms with Gasteiger partial charge in [-0.2, -0.15) is 0 Å². The second-order valence-electron chi connectivity index (χ2n) is 3.05. The Morgan fingerprint density at radius 1 is 1.47 bits per heavy atom. The van der Waals surface area contributed by atoms with Crippen molar-refractivity contribution >= 4 is 33.3 Å². The third-order valence-corrected chi connectivity index (χ3v) is 2.59. The quantitative estimate of drug-likeness (QED) is 0.882. The summed E-state index contributed by atoms with van der Waals surface area (Å²) in [6.45, 7) is 0. The summed E-state index contributed by atoms with van der Waals surface area (Å²) in [5.41, 5.74) is 5.14. The number of nitrogens with zero attached hydrogens (tertiary/aromatic N) is 2. The normalized spacial score (nSPS) is 10.2. The monoisotopic (exact) mass is 300 g/mol. The van der Waals surface area contributed by atoms with E-state index < -0.39 is 11.7 Å². The number of rotatable bonds is 2. The zero-order valence-corrected chi connectivity index (χ0v) is 9.86. The lowest BCUT2D eigenvalue weighted by atomic mass is 10.3. The highest BCUT2D eigenvalue weighted by atomic mass is 79.9. The van der Waals surface area contributed by atoms with Crippen LogP contribution in [0.3, 0.4) is 0 Å². The molecule has 0 bridgehead atoms. The van der Waals surface area contributed by atoms with Gasteiger partial charge in [-0.3, -0.25) is 4.79 Å². The second-order valence-corrected chi connectivity index (χ2v) is 3.90. The van der Waals surface area contributed by atoms with Crippen LogP contribution in [0.5, 0.6) is 0 Å². The number of carbonyl (C=O) groups excluding carboxylic acids is 1.